The summed E-state index contributed by atoms with van der Waals surface area (Å²) >= 11 is 0. The number of amides is 1. The lowest BCUT2D eigenvalue weighted by Gasteiger charge is -2.25. The zero-order chi connectivity index (χ0) is 23.0. The number of hydrogen-bond acceptors (Lipinski definition) is 3. The summed E-state index contributed by atoms with van der Waals surface area (Å²) in [5.74, 6) is 0.145. The van der Waals surface area contributed by atoms with Crippen molar-refractivity contribution in [1.29, 1.82) is 0 Å². The molecule has 1 unspecified atom stereocenters. The number of aliphatic hydroxyl groups is 2. The smallest absolute Gasteiger partial charge is 0.222 e. The van der Waals surface area contributed by atoms with Crippen molar-refractivity contribution in [3.05, 3.63) is 0 Å². The summed E-state index contributed by atoms with van der Waals surface area (Å²) in [6.07, 6.45) is 23.7. The van der Waals surface area contributed by atoms with Crippen LogP contribution in [0.1, 0.15) is 142 Å². The van der Waals surface area contributed by atoms with Gasteiger partial charge in [-0.2, -0.15) is 0 Å². The largest absolute Gasteiger partial charge is 0.394 e. The summed E-state index contributed by atoms with van der Waals surface area (Å²) in [5, 5.41) is 19.0. The topological polar surface area (TPSA) is 60.8 Å². The van der Waals surface area contributed by atoms with Gasteiger partial charge in [-0.05, 0) is 12.8 Å². The van der Waals surface area contributed by atoms with Gasteiger partial charge in [0, 0.05) is 19.5 Å². The SMILES string of the molecule is CCCCCCCCCCCCN(CC(O)CO)C(=O)CCCCCCCCCCC. The van der Waals surface area contributed by atoms with Crippen molar-refractivity contribution in [3.63, 3.8) is 0 Å². The minimum atomic E-state index is -0.824. The minimum Gasteiger partial charge on any atom is -0.394 e. The molecule has 0 spiro atoms. The lowest BCUT2D eigenvalue weighted by atomic mass is 10.1. The number of nitrogens with zero attached hydrogens (tertiary/aromatic N) is 1. The predicted octanol–water partition coefficient (Wildman–Crippen LogP) is 7.01. The molecule has 0 aromatic carbocycles. The number of hydrogen-bond donors (Lipinski definition) is 2. The van der Waals surface area contributed by atoms with Gasteiger partial charge in [0.15, 0.2) is 0 Å². The summed E-state index contributed by atoms with van der Waals surface area (Å²) in [6.45, 7) is 5.20. The van der Waals surface area contributed by atoms with Crippen LogP contribution in [-0.4, -0.2) is 46.8 Å². The highest BCUT2D eigenvalue weighted by Crippen LogP contribution is 2.13. The molecule has 0 saturated carbocycles. The fourth-order valence-corrected chi connectivity index (χ4v) is 4.17. The van der Waals surface area contributed by atoms with Crippen molar-refractivity contribution in [2.75, 3.05) is 19.7 Å². The maximum absolute atomic E-state index is 12.6. The van der Waals surface area contributed by atoms with Crippen LogP contribution < -0.4 is 0 Å². The van der Waals surface area contributed by atoms with Gasteiger partial charge >= 0.3 is 0 Å². The molecule has 0 aromatic rings. The molecular weight excluding hydrogens is 386 g/mol. The normalized spacial score (nSPS) is 12.3. The van der Waals surface area contributed by atoms with Gasteiger partial charge in [-0.15, -0.1) is 0 Å². The quantitative estimate of drug-likeness (QED) is 0.158. The Hall–Kier alpha value is -0.610. The van der Waals surface area contributed by atoms with E-state index in [1.807, 2.05) is 0 Å². The Morgan fingerprint density at radius 1 is 0.645 bits per heavy atom. The highest BCUT2D eigenvalue weighted by molar-refractivity contribution is 5.76. The van der Waals surface area contributed by atoms with E-state index in [2.05, 4.69) is 13.8 Å². The zero-order valence-corrected chi connectivity index (χ0v) is 21.1. The number of carbonyl (C=O) groups is 1. The van der Waals surface area contributed by atoms with Crippen molar-refractivity contribution in [1.82, 2.24) is 4.90 Å². The molecule has 0 aromatic heterocycles. The molecule has 0 aliphatic carbocycles. The number of aliphatic hydroxyl groups excluding tert-OH is 2. The average molecular weight is 442 g/mol. The third kappa shape index (κ3) is 21.0. The zero-order valence-electron chi connectivity index (χ0n) is 21.1. The van der Waals surface area contributed by atoms with Crippen molar-refractivity contribution in [2.24, 2.45) is 0 Å². The molecule has 0 bridgehead atoms. The summed E-state index contributed by atoms with van der Waals surface area (Å²) < 4.78 is 0. The van der Waals surface area contributed by atoms with E-state index in [0.29, 0.717) is 13.0 Å². The second kappa shape index (κ2) is 24.0. The second-order valence-corrected chi connectivity index (χ2v) is 9.44. The van der Waals surface area contributed by atoms with E-state index >= 15 is 0 Å². The highest BCUT2D eigenvalue weighted by atomic mass is 16.3. The molecule has 0 aliphatic rings. The molecule has 1 atom stereocenters. The first kappa shape index (κ1) is 30.4. The van der Waals surface area contributed by atoms with Crippen molar-refractivity contribution in [2.45, 2.75) is 148 Å². The van der Waals surface area contributed by atoms with Gasteiger partial charge in [0.25, 0.3) is 0 Å². The molecule has 0 rings (SSSR count). The average Bonchev–Trinajstić information content (AvgIpc) is 2.78. The van der Waals surface area contributed by atoms with Crippen LogP contribution in [0.25, 0.3) is 0 Å². The molecule has 0 aliphatic heterocycles. The molecule has 186 valence electrons. The molecule has 0 fully saturated rings. The van der Waals surface area contributed by atoms with Gasteiger partial charge in [0.05, 0.1) is 12.7 Å². The highest BCUT2D eigenvalue weighted by Gasteiger charge is 2.16. The van der Waals surface area contributed by atoms with Crippen LogP contribution in [0.15, 0.2) is 0 Å². The van der Waals surface area contributed by atoms with E-state index in [1.54, 1.807) is 4.90 Å². The fourth-order valence-electron chi connectivity index (χ4n) is 4.17. The number of rotatable bonds is 24. The van der Waals surface area contributed by atoms with Crippen molar-refractivity contribution in [3.8, 4) is 0 Å². The van der Waals surface area contributed by atoms with Crippen LogP contribution in [0, 0.1) is 0 Å². The van der Waals surface area contributed by atoms with E-state index in [1.165, 1.54) is 96.3 Å². The first-order chi connectivity index (χ1) is 15.2. The molecule has 4 nitrogen and oxygen atoms in total. The maximum atomic E-state index is 12.6. The maximum Gasteiger partial charge on any atom is 0.222 e. The molecular formula is C27H55NO3. The summed E-state index contributed by atoms with van der Waals surface area (Å²) in [5.41, 5.74) is 0. The number of carbonyl (C=O) groups excluding carboxylic acids is 1. The van der Waals surface area contributed by atoms with E-state index in [-0.39, 0.29) is 19.1 Å². The van der Waals surface area contributed by atoms with E-state index in [9.17, 15) is 15.0 Å². The monoisotopic (exact) mass is 441 g/mol. The van der Waals surface area contributed by atoms with Crippen LogP contribution in [0.2, 0.25) is 0 Å². The Labute approximate surface area is 194 Å². The lowest BCUT2D eigenvalue weighted by molar-refractivity contribution is -0.133. The third-order valence-electron chi connectivity index (χ3n) is 6.27. The van der Waals surface area contributed by atoms with Crippen molar-refractivity contribution >= 4 is 5.91 Å². The minimum absolute atomic E-state index is 0.145. The van der Waals surface area contributed by atoms with Crippen LogP contribution in [0.3, 0.4) is 0 Å². The van der Waals surface area contributed by atoms with Crippen LogP contribution >= 0.6 is 0 Å². The molecule has 0 radical (unpaired) electrons. The second-order valence-electron chi connectivity index (χ2n) is 9.44. The molecule has 0 heterocycles. The van der Waals surface area contributed by atoms with Gasteiger partial charge in [-0.1, -0.05) is 123 Å². The first-order valence-corrected chi connectivity index (χ1v) is 13.7. The molecule has 31 heavy (non-hydrogen) atoms. The lowest BCUT2D eigenvalue weighted by Crippen LogP contribution is -2.39. The summed E-state index contributed by atoms with van der Waals surface area (Å²) in [4.78, 5) is 14.4. The van der Waals surface area contributed by atoms with Gasteiger partial charge in [0.1, 0.15) is 0 Å². The molecule has 4 heteroatoms. The van der Waals surface area contributed by atoms with Crippen LogP contribution in [0.5, 0.6) is 0 Å². The first-order valence-electron chi connectivity index (χ1n) is 13.7. The Morgan fingerprint density at radius 3 is 1.45 bits per heavy atom. The Balaban J connectivity index is 3.87. The standard InChI is InChI=1S/C27H55NO3/c1-3-5-7-9-11-13-15-17-19-21-23-28(24-26(30)25-29)27(31)22-20-18-16-14-12-10-8-6-4-2/h26,29-30H,3-25H2,1-2H3. The van der Waals surface area contributed by atoms with Crippen LogP contribution in [-0.2, 0) is 4.79 Å². The molecule has 2 N–H and O–H groups in total. The van der Waals surface area contributed by atoms with E-state index in [0.717, 1.165) is 25.7 Å². The van der Waals surface area contributed by atoms with E-state index in [4.69, 9.17) is 0 Å². The van der Waals surface area contributed by atoms with Gasteiger partial charge < -0.3 is 15.1 Å². The third-order valence-corrected chi connectivity index (χ3v) is 6.27. The van der Waals surface area contributed by atoms with Gasteiger partial charge in [0.2, 0.25) is 5.91 Å². The van der Waals surface area contributed by atoms with Gasteiger partial charge in [-0.3, -0.25) is 4.79 Å². The Kier molecular flexibility index (Phi) is 23.6. The van der Waals surface area contributed by atoms with Gasteiger partial charge in [-0.25, -0.2) is 0 Å². The Bertz CT molecular complexity index is 375. The van der Waals surface area contributed by atoms with E-state index < -0.39 is 6.10 Å². The van der Waals surface area contributed by atoms with Crippen molar-refractivity contribution < 1.29 is 15.0 Å². The predicted molar refractivity (Wildman–Crippen MR) is 133 cm³/mol. The number of unbranched alkanes of at least 4 members (excludes halogenated alkanes) is 17. The van der Waals surface area contributed by atoms with Crippen LogP contribution in [0.4, 0.5) is 0 Å². The Morgan fingerprint density at radius 2 is 1.03 bits per heavy atom. The summed E-state index contributed by atoms with van der Waals surface area (Å²) in [7, 11) is 0. The summed E-state index contributed by atoms with van der Waals surface area (Å²) in [6, 6.07) is 0. The fraction of sp³-hybridized carbons (Fsp3) is 0.963. The molecule has 0 saturated heterocycles. The molecule has 1 amide bonds.